The normalized spacial score (nSPS) is 17.6. The summed E-state index contributed by atoms with van der Waals surface area (Å²) in [6.45, 7) is 3.79. The van der Waals surface area contributed by atoms with Crippen molar-refractivity contribution < 1.29 is 13.2 Å². The van der Waals surface area contributed by atoms with Crippen molar-refractivity contribution in [1.29, 1.82) is 0 Å². The molecule has 1 atom stereocenters. The van der Waals surface area contributed by atoms with E-state index in [0.29, 0.717) is 38.6 Å². The Bertz CT molecular complexity index is 765. The van der Waals surface area contributed by atoms with Crippen molar-refractivity contribution in [1.82, 2.24) is 19.8 Å². The number of nitrogens with one attached hydrogen (secondary N) is 2. The lowest BCUT2D eigenvalue weighted by Crippen LogP contribution is -2.43. The Balaban J connectivity index is 2.03. The van der Waals surface area contributed by atoms with Gasteiger partial charge < -0.3 is 15.1 Å². The summed E-state index contributed by atoms with van der Waals surface area (Å²) < 4.78 is 27.2. The van der Waals surface area contributed by atoms with E-state index in [9.17, 15) is 13.2 Å². The fourth-order valence-corrected chi connectivity index (χ4v) is 4.44. The first-order chi connectivity index (χ1) is 13.3. The Morgan fingerprint density at radius 2 is 2.00 bits per heavy atom. The predicted molar refractivity (Wildman–Crippen MR) is 112 cm³/mol. The number of hydrogen-bond acceptors (Lipinski definition) is 4. The van der Waals surface area contributed by atoms with Gasteiger partial charge in [0.05, 0.1) is 5.25 Å². The molecule has 1 fully saturated rings. The SMILES string of the molecule is CCNS(=O)(=O)C1CCN(C(=NCC(=O)N(C)C)NCCc2ccccc2)C1. The smallest absolute Gasteiger partial charge is 0.243 e. The number of carbonyl (C=O) groups is 1. The van der Waals surface area contributed by atoms with Gasteiger partial charge in [-0.2, -0.15) is 0 Å². The van der Waals surface area contributed by atoms with Crippen LogP contribution in [0.5, 0.6) is 0 Å². The van der Waals surface area contributed by atoms with Crippen molar-refractivity contribution in [3.63, 3.8) is 0 Å². The maximum atomic E-state index is 12.3. The summed E-state index contributed by atoms with van der Waals surface area (Å²) in [7, 11) is 0.0451. The molecule has 28 heavy (non-hydrogen) atoms. The number of likely N-dealkylation sites (N-methyl/N-ethyl adjacent to an activating group) is 1. The van der Waals surface area contributed by atoms with Crippen molar-refractivity contribution in [3.05, 3.63) is 35.9 Å². The van der Waals surface area contributed by atoms with Crippen LogP contribution in [-0.4, -0.2) is 82.2 Å². The van der Waals surface area contributed by atoms with Crippen molar-refractivity contribution in [2.75, 3.05) is 46.8 Å². The Kier molecular flexibility index (Phi) is 8.25. The first kappa shape index (κ1) is 22.2. The highest BCUT2D eigenvalue weighted by Crippen LogP contribution is 2.16. The number of rotatable bonds is 8. The molecule has 1 aromatic rings. The molecule has 0 spiro atoms. The molecule has 0 aromatic heterocycles. The molecule has 1 amide bonds. The van der Waals surface area contributed by atoms with Gasteiger partial charge in [-0.15, -0.1) is 0 Å². The lowest BCUT2D eigenvalue weighted by molar-refractivity contribution is -0.127. The summed E-state index contributed by atoms with van der Waals surface area (Å²) in [5.41, 5.74) is 1.20. The Morgan fingerprint density at radius 1 is 1.29 bits per heavy atom. The zero-order valence-electron chi connectivity index (χ0n) is 16.9. The van der Waals surface area contributed by atoms with E-state index in [-0.39, 0.29) is 12.5 Å². The van der Waals surface area contributed by atoms with E-state index in [2.05, 4.69) is 27.2 Å². The number of likely N-dealkylation sites (tertiary alicyclic amines) is 1. The molecule has 2 N–H and O–H groups in total. The quantitative estimate of drug-likeness (QED) is 0.475. The Morgan fingerprint density at radius 3 is 2.64 bits per heavy atom. The van der Waals surface area contributed by atoms with E-state index in [1.807, 2.05) is 23.1 Å². The number of benzene rings is 1. The van der Waals surface area contributed by atoms with Gasteiger partial charge in [0.1, 0.15) is 6.54 Å². The summed E-state index contributed by atoms with van der Waals surface area (Å²) in [5.74, 6) is 0.485. The van der Waals surface area contributed by atoms with Gasteiger partial charge in [0.2, 0.25) is 15.9 Å². The average molecular weight is 410 g/mol. The van der Waals surface area contributed by atoms with Crippen LogP contribution in [0.15, 0.2) is 35.3 Å². The Hall–Kier alpha value is -2.13. The number of sulfonamides is 1. The molecule has 2 rings (SSSR count). The molecule has 0 radical (unpaired) electrons. The molecule has 156 valence electrons. The van der Waals surface area contributed by atoms with E-state index in [1.54, 1.807) is 21.0 Å². The highest BCUT2D eigenvalue weighted by Gasteiger charge is 2.34. The first-order valence-electron chi connectivity index (χ1n) is 9.59. The van der Waals surface area contributed by atoms with Crippen molar-refractivity contribution in [3.8, 4) is 0 Å². The predicted octanol–water partition coefficient (Wildman–Crippen LogP) is 0.277. The number of carbonyl (C=O) groups excluding carboxylic acids is 1. The summed E-state index contributed by atoms with van der Waals surface area (Å²) in [5, 5.41) is 2.82. The molecule has 1 unspecified atom stereocenters. The van der Waals surface area contributed by atoms with Crippen LogP contribution in [0.4, 0.5) is 0 Å². The molecule has 1 aromatic carbocycles. The number of nitrogens with zero attached hydrogens (tertiary/aromatic N) is 3. The second-order valence-electron chi connectivity index (χ2n) is 6.99. The molecule has 0 saturated carbocycles. The second kappa shape index (κ2) is 10.4. The summed E-state index contributed by atoms with van der Waals surface area (Å²) in [6.07, 6.45) is 1.35. The monoisotopic (exact) mass is 409 g/mol. The number of guanidine groups is 1. The van der Waals surface area contributed by atoms with Gasteiger partial charge in [0.15, 0.2) is 5.96 Å². The van der Waals surface area contributed by atoms with Crippen LogP contribution in [0, 0.1) is 0 Å². The lowest BCUT2D eigenvalue weighted by Gasteiger charge is -2.22. The fourth-order valence-electron chi connectivity index (χ4n) is 3.01. The van der Waals surface area contributed by atoms with E-state index in [4.69, 9.17) is 0 Å². The van der Waals surface area contributed by atoms with Gasteiger partial charge in [0.25, 0.3) is 0 Å². The van der Waals surface area contributed by atoms with Crippen LogP contribution in [0.1, 0.15) is 18.9 Å². The summed E-state index contributed by atoms with van der Waals surface area (Å²) >= 11 is 0. The third kappa shape index (κ3) is 6.49. The number of aliphatic imine (C=N–C) groups is 1. The van der Waals surface area contributed by atoms with E-state index in [1.165, 1.54) is 10.5 Å². The van der Waals surface area contributed by atoms with Gasteiger partial charge in [0, 0.05) is 40.3 Å². The van der Waals surface area contributed by atoms with Crippen LogP contribution in [0.3, 0.4) is 0 Å². The molecule has 8 nitrogen and oxygen atoms in total. The maximum Gasteiger partial charge on any atom is 0.243 e. The van der Waals surface area contributed by atoms with Crippen molar-refractivity contribution in [2.24, 2.45) is 4.99 Å². The molecular formula is C19H31N5O3S. The van der Waals surface area contributed by atoms with Gasteiger partial charge in [-0.25, -0.2) is 18.1 Å². The average Bonchev–Trinajstić information content (AvgIpc) is 3.16. The van der Waals surface area contributed by atoms with Crippen LogP contribution < -0.4 is 10.0 Å². The minimum absolute atomic E-state index is 0.0296. The van der Waals surface area contributed by atoms with E-state index in [0.717, 1.165) is 6.42 Å². The lowest BCUT2D eigenvalue weighted by atomic mass is 10.1. The standard InChI is InChI=1S/C19H31N5O3S/c1-4-22-28(26,27)17-11-13-24(15-17)19(21-14-18(25)23(2)3)20-12-10-16-8-6-5-7-9-16/h5-9,17,22H,4,10-15H2,1-3H3,(H,20,21). The van der Waals surface area contributed by atoms with E-state index >= 15 is 0 Å². The van der Waals surface area contributed by atoms with Crippen molar-refractivity contribution in [2.45, 2.75) is 25.0 Å². The molecule has 0 bridgehead atoms. The van der Waals surface area contributed by atoms with Crippen LogP contribution in [-0.2, 0) is 21.2 Å². The molecule has 1 saturated heterocycles. The zero-order valence-corrected chi connectivity index (χ0v) is 17.7. The third-order valence-corrected chi connectivity index (χ3v) is 6.58. The summed E-state index contributed by atoms with van der Waals surface area (Å²) in [4.78, 5) is 19.8. The summed E-state index contributed by atoms with van der Waals surface area (Å²) in [6, 6.07) is 10.1. The Labute approximate surface area is 168 Å². The maximum absolute atomic E-state index is 12.3. The minimum atomic E-state index is -3.33. The van der Waals surface area contributed by atoms with Gasteiger partial charge in [-0.1, -0.05) is 37.3 Å². The van der Waals surface area contributed by atoms with Crippen molar-refractivity contribution >= 4 is 21.9 Å². The number of amides is 1. The fraction of sp³-hybridized carbons (Fsp3) is 0.579. The van der Waals surface area contributed by atoms with Gasteiger partial charge in [-0.05, 0) is 18.4 Å². The first-order valence-corrected chi connectivity index (χ1v) is 11.1. The molecule has 1 aliphatic heterocycles. The van der Waals surface area contributed by atoms with Gasteiger partial charge in [-0.3, -0.25) is 4.79 Å². The third-order valence-electron chi connectivity index (χ3n) is 4.63. The highest BCUT2D eigenvalue weighted by atomic mass is 32.2. The molecule has 1 heterocycles. The van der Waals surface area contributed by atoms with Crippen LogP contribution in [0.25, 0.3) is 0 Å². The zero-order chi connectivity index (χ0) is 20.6. The molecular weight excluding hydrogens is 378 g/mol. The highest BCUT2D eigenvalue weighted by molar-refractivity contribution is 7.90. The van der Waals surface area contributed by atoms with Gasteiger partial charge >= 0.3 is 0 Å². The van der Waals surface area contributed by atoms with Crippen LogP contribution >= 0.6 is 0 Å². The number of hydrogen-bond donors (Lipinski definition) is 2. The molecule has 0 aliphatic carbocycles. The van der Waals surface area contributed by atoms with Crippen LogP contribution in [0.2, 0.25) is 0 Å². The second-order valence-corrected chi connectivity index (χ2v) is 9.04. The largest absolute Gasteiger partial charge is 0.356 e. The van der Waals surface area contributed by atoms with E-state index < -0.39 is 15.3 Å². The topological polar surface area (TPSA) is 94.1 Å². The minimum Gasteiger partial charge on any atom is -0.356 e. The molecule has 1 aliphatic rings. The molecule has 9 heteroatoms.